The van der Waals surface area contributed by atoms with Crippen molar-refractivity contribution in [2.24, 2.45) is 0 Å². The van der Waals surface area contributed by atoms with Gasteiger partial charge in [-0.05, 0) is 23.9 Å². The summed E-state index contributed by atoms with van der Waals surface area (Å²) in [5, 5.41) is 5.77. The highest BCUT2D eigenvalue weighted by Crippen LogP contribution is 2.28. The molecular weight excluding hydrogens is 276 g/mol. The maximum atomic E-state index is 6.08. The number of morpholine rings is 1. The van der Waals surface area contributed by atoms with E-state index >= 15 is 0 Å². The van der Waals surface area contributed by atoms with Gasteiger partial charge in [0.2, 0.25) is 0 Å². The van der Waals surface area contributed by atoms with Crippen LogP contribution in [0.25, 0.3) is 10.8 Å². The third-order valence-corrected chi connectivity index (χ3v) is 4.12. The van der Waals surface area contributed by atoms with Crippen LogP contribution in [0, 0.1) is 0 Å². The Labute approximate surface area is 132 Å². The molecule has 0 aliphatic carbocycles. The van der Waals surface area contributed by atoms with Gasteiger partial charge in [-0.3, -0.25) is 4.90 Å². The quantitative estimate of drug-likeness (QED) is 0.887. The molecular formula is C18H24N2O2. The molecule has 0 saturated carbocycles. The summed E-state index contributed by atoms with van der Waals surface area (Å²) in [7, 11) is 1.97. The second-order valence-electron chi connectivity index (χ2n) is 5.60. The minimum absolute atomic E-state index is 0.717. The molecule has 2 aromatic carbocycles. The summed E-state index contributed by atoms with van der Waals surface area (Å²) in [5.74, 6) is 0.987. The molecule has 0 unspecified atom stereocenters. The first-order valence-electron chi connectivity index (χ1n) is 7.96. The van der Waals surface area contributed by atoms with Crippen LogP contribution in [-0.2, 0) is 11.3 Å². The van der Waals surface area contributed by atoms with E-state index < -0.39 is 0 Å². The molecule has 1 N–H and O–H groups in total. The van der Waals surface area contributed by atoms with Crippen LogP contribution in [0.3, 0.4) is 0 Å². The highest BCUT2D eigenvalue weighted by Gasteiger charge is 2.11. The van der Waals surface area contributed by atoms with Crippen molar-refractivity contribution in [2.75, 3.05) is 46.5 Å². The molecule has 4 nitrogen and oxygen atoms in total. The van der Waals surface area contributed by atoms with Crippen molar-refractivity contribution in [2.45, 2.75) is 6.54 Å². The fourth-order valence-corrected chi connectivity index (χ4v) is 2.92. The van der Waals surface area contributed by atoms with Gasteiger partial charge in [0, 0.05) is 31.7 Å². The summed E-state index contributed by atoms with van der Waals surface area (Å²) in [5.41, 5.74) is 1.24. The van der Waals surface area contributed by atoms with Crippen LogP contribution in [0.1, 0.15) is 5.56 Å². The lowest BCUT2D eigenvalue weighted by Gasteiger charge is -2.26. The lowest BCUT2D eigenvalue weighted by atomic mass is 10.0. The van der Waals surface area contributed by atoms with E-state index in [4.69, 9.17) is 9.47 Å². The van der Waals surface area contributed by atoms with Gasteiger partial charge in [0.05, 0.1) is 13.2 Å². The van der Waals surface area contributed by atoms with Crippen molar-refractivity contribution in [3.8, 4) is 5.75 Å². The van der Waals surface area contributed by atoms with Gasteiger partial charge in [0.25, 0.3) is 0 Å². The lowest BCUT2D eigenvalue weighted by molar-refractivity contribution is 0.0322. The number of ether oxygens (including phenoxy) is 2. The number of nitrogens with zero attached hydrogens (tertiary/aromatic N) is 1. The zero-order valence-corrected chi connectivity index (χ0v) is 13.2. The first-order chi connectivity index (χ1) is 10.9. The molecule has 0 atom stereocenters. The summed E-state index contributed by atoms with van der Waals surface area (Å²) in [6.45, 7) is 6.16. The Morgan fingerprint density at radius 2 is 1.95 bits per heavy atom. The van der Waals surface area contributed by atoms with Crippen molar-refractivity contribution in [3.63, 3.8) is 0 Å². The fraction of sp³-hybridized carbons (Fsp3) is 0.444. The topological polar surface area (TPSA) is 33.7 Å². The van der Waals surface area contributed by atoms with Crippen LogP contribution in [0.15, 0.2) is 36.4 Å². The molecule has 1 fully saturated rings. The highest BCUT2D eigenvalue weighted by molar-refractivity contribution is 5.87. The number of fused-ring (bicyclic) bond motifs is 1. The van der Waals surface area contributed by atoms with Crippen molar-refractivity contribution in [1.82, 2.24) is 10.2 Å². The van der Waals surface area contributed by atoms with Crippen LogP contribution in [-0.4, -0.2) is 51.4 Å². The molecule has 0 radical (unpaired) electrons. The van der Waals surface area contributed by atoms with Gasteiger partial charge in [-0.1, -0.05) is 30.3 Å². The predicted molar refractivity (Wildman–Crippen MR) is 89.5 cm³/mol. The molecule has 1 aliphatic rings. The van der Waals surface area contributed by atoms with Crippen LogP contribution < -0.4 is 10.1 Å². The molecule has 0 spiro atoms. The Hall–Kier alpha value is -1.62. The standard InChI is InChI=1S/C18H24N2O2/c1-19-14-17-16-5-3-2-4-15(16)6-7-18(17)22-13-10-20-8-11-21-12-9-20/h2-7,19H,8-14H2,1H3. The Kier molecular flexibility index (Phi) is 5.27. The van der Waals surface area contributed by atoms with Crippen molar-refractivity contribution in [3.05, 3.63) is 42.0 Å². The predicted octanol–water partition coefficient (Wildman–Crippen LogP) is 2.27. The van der Waals surface area contributed by atoms with E-state index in [2.05, 4.69) is 46.6 Å². The molecule has 0 amide bonds. The number of rotatable bonds is 6. The van der Waals surface area contributed by atoms with Gasteiger partial charge in [-0.2, -0.15) is 0 Å². The van der Waals surface area contributed by atoms with Gasteiger partial charge in [-0.15, -0.1) is 0 Å². The molecule has 1 aliphatic heterocycles. The van der Waals surface area contributed by atoms with Crippen LogP contribution >= 0.6 is 0 Å². The SMILES string of the molecule is CNCc1c(OCCN2CCOCC2)ccc2ccccc12. The van der Waals surface area contributed by atoms with Crippen LogP contribution in [0.2, 0.25) is 0 Å². The number of hydrogen-bond donors (Lipinski definition) is 1. The van der Waals surface area contributed by atoms with E-state index in [0.29, 0.717) is 0 Å². The Balaban J connectivity index is 1.70. The normalized spacial score (nSPS) is 16.0. The molecule has 1 heterocycles. The molecule has 0 aromatic heterocycles. The second-order valence-corrected chi connectivity index (χ2v) is 5.60. The third-order valence-electron chi connectivity index (χ3n) is 4.12. The van der Waals surface area contributed by atoms with E-state index in [-0.39, 0.29) is 0 Å². The summed E-state index contributed by atoms with van der Waals surface area (Å²) in [4.78, 5) is 2.39. The fourth-order valence-electron chi connectivity index (χ4n) is 2.92. The molecule has 4 heteroatoms. The smallest absolute Gasteiger partial charge is 0.124 e. The van der Waals surface area contributed by atoms with Gasteiger partial charge in [-0.25, -0.2) is 0 Å². The van der Waals surface area contributed by atoms with E-state index in [1.54, 1.807) is 0 Å². The Morgan fingerprint density at radius 1 is 1.14 bits per heavy atom. The van der Waals surface area contributed by atoms with Crippen LogP contribution in [0.4, 0.5) is 0 Å². The van der Waals surface area contributed by atoms with E-state index in [9.17, 15) is 0 Å². The molecule has 0 bridgehead atoms. The second kappa shape index (κ2) is 7.58. The minimum atomic E-state index is 0.717. The average molecular weight is 300 g/mol. The Morgan fingerprint density at radius 3 is 2.77 bits per heavy atom. The van der Waals surface area contributed by atoms with E-state index in [1.165, 1.54) is 16.3 Å². The number of nitrogens with one attached hydrogen (secondary N) is 1. The van der Waals surface area contributed by atoms with E-state index in [0.717, 1.165) is 51.7 Å². The highest BCUT2D eigenvalue weighted by atomic mass is 16.5. The number of hydrogen-bond acceptors (Lipinski definition) is 4. The molecule has 2 aromatic rings. The summed E-state index contributed by atoms with van der Waals surface area (Å²) < 4.78 is 11.5. The summed E-state index contributed by atoms with van der Waals surface area (Å²) in [6.07, 6.45) is 0. The molecule has 22 heavy (non-hydrogen) atoms. The average Bonchev–Trinajstić information content (AvgIpc) is 2.58. The van der Waals surface area contributed by atoms with Gasteiger partial charge in [0.15, 0.2) is 0 Å². The Bertz CT molecular complexity index is 609. The van der Waals surface area contributed by atoms with Gasteiger partial charge in [0.1, 0.15) is 12.4 Å². The first kappa shape index (κ1) is 15.3. The lowest BCUT2D eigenvalue weighted by Crippen LogP contribution is -2.38. The largest absolute Gasteiger partial charge is 0.492 e. The zero-order valence-electron chi connectivity index (χ0n) is 13.2. The summed E-state index contributed by atoms with van der Waals surface area (Å²) >= 11 is 0. The minimum Gasteiger partial charge on any atom is -0.492 e. The van der Waals surface area contributed by atoms with Crippen molar-refractivity contribution >= 4 is 10.8 Å². The maximum absolute atomic E-state index is 6.08. The monoisotopic (exact) mass is 300 g/mol. The van der Waals surface area contributed by atoms with Crippen molar-refractivity contribution < 1.29 is 9.47 Å². The molecule has 118 valence electrons. The van der Waals surface area contributed by atoms with Crippen molar-refractivity contribution in [1.29, 1.82) is 0 Å². The van der Waals surface area contributed by atoms with Crippen LogP contribution in [0.5, 0.6) is 5.75 Å². The van der Waals surface area contributed by atoms with Gasteiger partial charge >= 0.3 is 0 Å². The third kappa shape index (κ3) is 3.58. The zero-order chi connectivity index (χ0) is 15.2. The van der Waals surface area contributed by atoms with Gasteiger partial charge < -0.3 is 14.8 Å². The molecule has 3 rings (SSSR count). The maximum Gasteiger partial charge on any atom is 0.124 e. The number of benzene rings is 2. The summed E-state index contributed by atoms with van der Waals surface area (Å²) in [6, 6.07) is 12.7. The van der Waals surface area contributed by atoms with E-state index in [1.807, 2.05) is 7.05 Å². The first-order valence-corrected chi connectivity index (χ1v) is 7.96. The molecule has 1 saturated heterocycles.